The van der Waals surface area contributed by atoms with Crippen LogP contribution in [0.4, 0.5) is 0 Å². The summed E-state index contributed by atoms with van der Waals surface area (Å²) in [5.74, 6) is 0. The van der Waals surface area contributed by atoms with Gasteiger partial charge < -0.3 is 10.1 Å². The minimum absolute atomic E-state index is 0.353. The van der Waals surface area contributed by atoms with Gasteiger partial charge in [0, 0.05) is 27.3 Å². The highest BCUT2D eigenvalue weighted by Crippen LogP contribution is 2.37. The van der Waals surface area contributed by atoms with E-state index in [1.54, 1.807) is 0 Å². The zero-order chi connectivity index (χ0) is 13.8. The molecule has 1 saturated heterocycles. The van der Waals surface area contributed by atoms with E-state index in [0.29, 0.717) is 17.4 Å². The Bertz CT molecular complexity index is 427. The minimum atomic E-state index is 0.353. The topological polar surface area (TPSA) is 21.3 Å². The molecule has 0 amide bonds. The molecule has 0 saturated carbocycles. The molecule has 106 valence electrons. The van der Waals surface area contributed by atoms with Crippen molar-refractivity contribution in [2.75, 3.05) is 13.2 Å². The van der Waals surface area contributed by atoms with Crippen LogP contribution in [0.15, 0.2) is 27.6 Å². The molecule has 0 aromatic heterocycles. The first-order valence-corrected chi connectivity index (χ1v) is 8.60. The first-order valence-electron chi connectivity index (χ1n) is 6.93. The second-order valence-electron chi connectivity index (χ2n) is 4.98. The molecule has 1 fully saturated rings. The average Bonchev–Trinajstić information content (AvgIpc) is 2.75. The molecular weight excluding hydrogens is 322 g/mol. The number of rotatable bonds is 5. The van der Waals surface area contributed by atoms with Crippen molar-refractivity contribution in [1.29, 1.82) is 0 Å². The minimum Gasteiger partial charge on any atom is -0.377 e. The zero-order valence-corrected chi connectivity index (χ0v) is 14.2. The SMILES string of the molecule is CCNC(C)c1ccc(Br)cc1SC1CCOC1C. The van der Waals surface area contributed by atoms with Gasteiger partial charge >= 0.3 is 0 Å². The number of nitrogens with one attached hydrogen (secondary N) is 1. The largest absolute Gasteiger partial charge is 0.377 e. The standard InChI is InChI=1S/C15H22BrNOS/c1-4-17-10(2)13-6-5-12(16)9-15(13)19-14-7-8-18-11(14)3/h5-6,9-11,14,17H,4,7-8H2,1-3H3. The number of hydrogen-bond acceptors (Lipinski definition) is 3. The number of halogens is 1. The van der Waals surface area contributed by atoms with Gasteiger partial charge in [-0.15, -0.1) is 11.8 Å². The second kappa shape index (κ2) is 7.11. The molecule has 0 bridgehead atoms. The predicted octanol–water partition coefficient (Wildman–Crippen LogP) is 4.39. The molecule has 1 heterocycles. The Labute approximate surface area is 128 Å². The fourth-order valence-electron chi connectivity index (χ4n) is 2.41. The van der Waals surface area contributed by atoms with E-state index < -0.39 is 0 Å². The van der Waals surface area contributed by atoms with Crippen molar-refractivity contribution < 1.29 is 4.74 Å². The van der Waals surface area contributed by atoms with Gasteiger partial charge in [0.2, 0.25) is 0 Å². The van der Waals surface area contributed by atoms with Crippen LogP contribution >= 0.6 is 27.7 Å². The van der Waals surface area contributed by atoms with Crippen LogP contribution in [0.1, 0.15) is 38.8 Å². The van der Waals surface area contributed by atoms with Gasteiger partial charge in [0.25, 0.3) is 0 Å². The highest BCUT2D eigenvalue weighted by atomic mass is 79.9. The molecule has 1 N–H and O–H groups in total. The van der Waals surface area contributed by atoms with E-state index in [1.165, 1.54) is 10.5 Å². The van der Waals surface area contributed by atoms with Gasteiger partial charge in [-0.25, -0.2) is 0 Å². The molecule has 0 radical (unpaired) electrons. The number of benzene rings is 1. The molecular formula is C15H22BrNOS. The van der Waals surface area contributed by atoms with Crippen molar-refractivity contribution in [2.24, 2.45) is 0 Å². The summed E-state index contributed by atoms with van der Waals surface area (Å²) in [5.41, 5.74) is 1.38. The summed E-state index contributed by atoms with van der Waals surface area (Å²) in [6.07, 6.45) is 1.50. The monoisotopic (exact) mass is 343 g/mol. The Hall–Kier alpha value is -0.0300. The third kappa shape index (κ3) is 3.97. The van der Waals surface area contributed by atoms with Gasteiger partial charge in [-0.3, -0.25) is 0 Å². The van der Waals surface area contributed by atoms with E-state index in [2.05, 4.69) is 60.2 Å². The van der Waals surface area contributed by atoms with Crippen LogP contribution in [-0.2, 0) is 4.74 Å². The molecule has 3 atom stereocenters. The maximum Gasteiger partial charge on any atom is 0.0669 e. The number of thioether (sulfide) groups is 1. The van der Waals surface area contributed by atoms with Crippen molar-refractivity contribution in [3.05, 3.63) is 28.2 Å². The maximum atomic E-state index is 5.67. The van der Waals surface area contributed by atoms with Crippen molar-refractivity contribution in [2.45, 2.75) is 49.5 Å². The zero-order valence-electron chi connectivity index (χ0n) is 11.8. The summed E-state index contributed by atoms with van der Waals surface area (Å²) < 4.78 is 6.81. The molecule has 1 aliphatic rings. The fraction of sp³-hybridized carbons (Fsp3) is 0.600. The Morgan fingerprint density at radius 1 is 1.53 bits per heavy atom. The molecule has 4 heteroatoms. The summed E-state index contributed by atoms with van der Waals surface area (Å²) in [6, 6.07) is 6.97. The van der Waals surface area contributed by atoms with Crippen LogP contribution in [-0.4, -0.2) is 24.5 Å². The average molecular weight is 344 g/mol. The molecule has 3 unspecified atom stereocenters. The molecule has 19 heavy (non-hydrogen) atoms. The molecule has 1 aliphatic heterocycles. The normalized spacial score (nSPS) is 24.6. The highest BCUT2D eigenvalue weighted by molar-refractivity contribution is 9.10. The van der Waals surface area contributed by atoms with E-state index >= 15 is 0 Å². The summed E-state index contributed by atoms with van der Waals surface area (Å²) >= 11 is 5.54. The Balaban J connectivity index is 2.19. The predicted molar refractivity (Wildman–Crippen MR) is 85.9 cm³/mol. The van der Waals surface area contributed by atoms with Gasteiger partial charge in [-0.1, -0.05) is 28.9 Å². The van der Waals surface area contributed by atoms with Crippen molar-refractivity contribution in [3.8, 4) is 0 Å². The van der Waals surface area contributed by atoms with Crippen molar-refractivity contribution in [3.63, 3.8) is 0 Å². The Morgan fingerprint density at radius 2 is 2.32 bits per heavy atom. The number of hydrogen-bond donors (Lipinski definition) is 1. The van der Waals surface area contributed by atoms with Gasteiger partial charge in [0.05, 0.1) is 6.10 Å². The molecule has 1 aromatic carbocycles. The van der Waals surface area contributed by atoms with Gasteiger partial charge in [-0.05, 0) is 44.5 Å². The smallest absolute Gasteiger partial charge is 0.0669 e. The molecule has 2 nitrogen and oxygen atoms in total. The van der Waals surface area contributed by atoms with Gasteiger partial charge in [0.1, 0.15) is 0 Å². The van der Waals surface area contributed by atoms with Crippen LogP contribution in [0.5, 0.6) is 0 Å². The van der Waals surface area contributed by atoms with Crippen LogP contribution < -0.4 is 5.32 Å². The van der Waals surface area contributed by atoms with Crippen LogP contribution in [0, 0.1) is 0 Å². The van der Waals surface area contributed by atoms with Crippen LogP contribution in [0.25, 0.3) is 0 Å². The lowest BCUT2D eigenvalue weighted by molar-refractivity contribution is 0.127. The van der Waals surface area contributed by atoms with E-state index in [9.17, 15) is 0 Å². The van der Waals surface area contributed by atoms with Crippen LogP contribution in [0.3, 0.4) is 0 Å². The van der Waals surface area contributed by atoms with Crippen molar-refractivity contribution in [1.82, 2.24) is 5.32 Å². The maximum absolute atomic E-state index is 5.67. The molecule has 0 aliphatic carbocycles. The Kier molecular flexibility index (Phi) is 5.75. The summed E-state index contributed by atoms with van der Waals surface area (Å²) in [6.45, 7) is 8.44. The second-order valence-corrected chi connectivity index (χ2v) is 7.18. The Morgan fingerprint density at radius 3 is 2.95 bits per heavy atom. The molecule has 1 aromatic rings. The third-order valence-corrected chi connectivity index (χ3v) is 5.56. The first-order chi connectivity index (χ1) is 9.11. The highest BCUT2D eigenvalue weighted by Gasteiger charge is 2.26. The molecule has 2 rings (SSSR count). The van der Waals surface area contributed by atoms with Crippen LogP contribution in [0.2, 0.25) is 0 Å². The summed E-state index contributed by atoms with van der Waals surface area (Å²) in [4.78, 5) is 1.37. The van der Waals surface area contributed by atoms with Crippen molar-refractivity contribution >= 4 is 27.7 Å². The summed E-state index contributed by atoms with van der Waals surface area (Å²) in [5, 5.41) is 4.07. The lowest BCUT2D eigenvalue weighted by Crippen LogP contribution is -2.19. The lowest BCUT2D eigenvalue weighted by Gasteiger charge is -2.20. The number of ether oxygens (including phenoxy) is 1. The lowest BCUT2D eigenvalue weighted by atomic mass is 10.1. The van der Waals surface area contributed by atoms with Gasteiger partial charge in [0.15, 0.2) is 0 Å². The molecule has 0 spiro atoms. The van der Waals surface area contributed by atoms with E-state index in [-0.39, 0.29) is 0 Å². The van der Waals surface area contributed by atoms with Gasteiger partial charge in [-0.2, -0.15) is 0 Å². The first kappa shape index (κ1) is 15.4. The van der Waals surface area contributed by atoms with E-state index in [4.69, 9.17) is 4.74 Å². The quantitative estimate of drug-likeness (QED) is 0.856. The fourth-order valence-corrected chi connectivity index (χ4v) is 4.31. The van der Waals surface area contributed by atoms with E-state index in [1.807, 2.05) is 11.8 Å². The third-order valence-electron chi connectivity index (χ3n) is 3.54. The summed E-state index contributed by atoms with van der Waals surface area (Å²) in [7, 11) is 0. The van der Waals surface area contributed by atoms with E-state index in [0.717, 1.165) is 24.0 Å².